The Kier molecular flexibility index (Phi) is 4.87. The Morgan fingerprint density at radius 3 is 2.76 bits per heavy atom. The monoisotopic (exact) mass is 358 g/mol. The first-order valence-corrected chi connectivity index (χ1v) is 6.08. The summed E-state index contributed by atoms with van der Waals surface area (Å²) in [5, 5.41) is 18.3. The van der Waals surface area contributed by atoms with Crippen molar-refractivity contribution in [2.45, 2.75) is 6.23 Å². The summed E-state index contributed by atoms with van der Waals surface area (Å²) in [4.78, 5) is 12.6. The number of amides is 1. The predicted octanol–water partition coefficient (Wildman–Crippen LogP) is 2.57. The lowest BCUT2D eigenvalue weighted by Gasteiger charge is -2.23. The number of aliphatic hydroxyl groups is 1. The zero-order chi connectivity index (χ0) is 13.0. The molecule has 17 heavy (non-hydrogen) atoms. The highest BCUT2D eigenvalue weighted by atomic mass is 79.9. The zero-order valence-electron chi connectivity index (χ0n) is 8.60. The maximum atomic E-state index is 11.6. The van der Waals surface area contributed by atoms with Crippen LogP contribution in [0.1, 0.15) is 0 Å². The van der Waals surface area contributed by atoms with Gasteiger partial charge in [0.05, 0.1) is 5.69 Å². The molecule has 0 aliphatic rings. The summed E-state index contributed by atoms with van der Waals surface area (Å²) in [7, 11) is 0. The fraction of sp³-hybridized carbons (Fsp3) is 0.0909. The molecular weight excluding hydrogens is 352 g/mol. The molecule has 0 aliphatic heterocycles. The molecule has 0 bridgehead atoms. The molecule has 1 aromatic rings. The third-order valence-corrected chi connectivity index (χ3v) is 3.10. The molecule has 1 aromatic carbocycles. The van der Waals surface area contributed by atoms with E-state index in [4.69, 9.17) is 5.26 Å². The van der Waals surface area contributed by atoms with Gasteiger partial charge in [0.15, 0.2) is 0 Å². The molecule has 0 saturated carbocycles. The van der Waals surface area contributed by atoms with Gasteiger partial charge in [0.25, 0.3) is 5.91 Å². The molecular formula is C11H8Br2N2O2. The van der Waals surface area contributed by atoms with Gasteiger partial charge in [-0.15, -0.1) is 0 Å². The van der Waals surface area contributed by atoms with Crippen molar-refractivity contribution >= 4 is 43.5 Å². The zero-order valence-corrected chi connectivity index (χ0v) is 11.8. The molecule has 6 heteroatoms. The number of anilines is 1. The van der Waals surface area contributed by atoms with Crippen LogP contribution in [0.4, 0.5) is 5.69 Å². The van der Waals surface area contributed by atoms with Crippen LogP contribution < -0.4 is 4.90 Å². The lowest BCUT2D eigenvalue weighted by atomic mass is 10.2. The van der Waals surface area contributed by atoms with Gasteiger partial charge in [0, 0.05) is 8.95 Å². The van der Waals surface area contributed by atoms with Gasteiger partial charge in [-0.05, 0) is 40.2 Å². The topological polar surface area (TPSA) is 64.3 Å². The molecule has 1 rings (SSSR count). The van der Waals surface area contributed by atoms with Gasteiger partial charge in [0.1, 0.15) is 6.07 Å². The van der Waals surface area contributed by atoms with Crippen LogP contribution in [-0.2, 0) is 4.79 Å². The second kappa shape index (κ2) is 5.96. The van der Waals surface area contributed by atoms with E-state index in [1.165, 1.54) is 0 Å². The van der Waals surface area contributed by atoms with Crippen LogP contribution in [0.3, 0.4) is 0 Å². The first kappa shape index (κ1) is 13.9. The molecule has 1 atom stereocenters. The maximum Gasteiger partial charge on any atom is 0.253 e. The Bertz CT molecular complexity index is 497. The van der Waals surface area contributed by atoms with Crippen molar-refractivity contribution in [3.8, 4) is 6.07 Å². The summed E-state index contributed by atoms with van der Waals surface area (Å²) in [6.07, 6.45) is -0.528. The lowest BCUT2D eigenvalue weighted by Crippen LogP contribution is -2.38. The number of benzene rings is 1. The standard InChI is InChI=1S/C11H8Br2N2O2/c1-2-10(16)15(11(17)6-14)9-5-7(12)3-4-8(9)13/h2-5,11,17H,1H2. The highest BCUT2D eigenvalue weighted by molar-refractivity contribution is 9.11. The third kappa shape index (κ3) is 3.16. The number of nitriles is 1. The molecule has 0 saturated heterocycles. The number of hydrogen-bond acceptors (Lipinski definition) is 3. The molecule has 0 heterocycles. The van der Waals surface area contributed by atoms with Gasteiger partial charge in [-0.2, -0.15) is 5.26 Å². The summed E-state index contributed by atoms with van der Waals surface area (Å²) in [5.74, 6) is -0.558. The van der Waals surface area contributed by atoms with E-state index < -0.39 is 12.1 Å². The number of rotatable bonds is 3. The van der Waals surface area contributed by atoms with Crippen molar-refractivity contribution in [2.24, 2.45) is 0 Å². The maximum absolute atomic E-state index is 11.6. The quantitative estimate of drug-likeness (QED) is 0.512. The average Bonchev–Trinajstić information content (AvgIpc) is 2.33. The molecule has 1 amide bonds. The molecule has 1 unspecified atom stereocenters. The number of carbonyl (C=O) groups excluding carboxylic acids is 1. The number of carbonyl (C=O) groups is 1. The smallest absolute Gasteiger partial charge is 0.253 e. The third-order valence-electron chi connectivity index (χ3n) is 1.94. The van der Waals surface area contributed by atoms with Crippen LogP contribution in [0.5, 0.6) is 0 Å². The first-order valence-electron chi connectivity index (χ1n) is 4.49. The predicted molar refractivity (Wildman–Crippen MR) is 71.1 cm³/mol. The van der Waals surface area contributed by atoms with Gasteiger partial charge in [-0.1, -0.05) is 22.5 Å². The minimum Gasteiger partial charge on any atom is -0.361 e. The number of aliphatic hydroxyl groups excluding tert-OH is 1. The first-order chi connectivity index (χ1) is 8.01. The second-order valence-corrected chi connectivity index (χ2v) is 4.78. The Morgan fingerprint density at radius 2 is 2.24 bits per heavy atom. The van der Waals surface area contributed by atoms with E-state index in [9.17, 15) is 9.90 Å². The Hall–Kier alpha value is -1.16. The van der Waals surface area contributed by atoms with E-state index in [0.29, 0.717) is 10.2 Å². The molecule has 0 radical (unpaired) electrons. The van der Waals surface area contributed by atoms with E-state index >= 15 is 0 Å². The fourth-order valence-electron chi connectivity index (χ4n) is 1.20. The SMILES string of the molecule is C=CC(=O)N(c1cc(Br)ccc1Br)C(O)C#N. The number of hydrogen-bond donors (Lipinski definition) is 1. The van der Waals surface area contributed by atoms with Crippen LogP contribution in [0.25, 0.3) is 0 Å². The minimum absolute atomic E-state index is 0.387. The number of nitrogens with zero attached hydrogens (tertiary/aromatic N) is 2. The van der Waals surface area contributed by atoms with Crippen LogP contribution in [0.15, 0.2) is 39.8 Å². The van der Waals surface area contributed by atoms with Gasteiger partial charge in [-0.3, -0.25) is 9.69 Å². The normalized spacial score (nSPS) is 11.4. The van der Waals surface area contributed by atoms with E-state index in [1.54, 1.807) is 24.3 Å². The average molecular weight is 360 g/mol. The second-order valence-electron chi connectivity index (χ2n) is 3.01. The van der Waals surface area contributed by atoms with E-state index in [0.717, 1.165) is 15.4 Å². The van der Waals surface area contributed by atoms with Crippen molar-refractivity contribution in [3.63, 3.8) is 0 Å². The van der Waals surface area contributed by atoms with E-state index in [2.05, 4.69) is 38.4 Å². The van der Waals surface area contributed by atoms with Crippen LogP contribution >= 0.6 is 31.9 Å². The fourth-order valence-corrected chi connectivity index (χ4v) is 1.98. The largest absolute Gasteiger partial charge is 0.361 e. The van der Waals surface area contributed by atoms with Crippen molar-refractivity contribution < 1.29 is 9.90 Å². The molecule has 88 valence electrons. The summed E-state index contributed by atoms with van der Waals surface area (Å²) >= 11 is 6.51. The highest BCUT2D eigenvalue weighted by Crippen LogP contribution is 2.30. The van der Waals surface area contributed by atoms with Crippen LogP contribution in [-0.4, -0.2) is 17.2 Å². The number of halogens is 2. The summed E-state index contributed by atoms with van der Waals surface area (Å²) < 4.78 is 1.31. The molecule has 0 aromatic heterocycles. The molecule has 1 N–H and O–H groups in total. The van der Waals surface area contributed by atoms with Crippen molar-refractivity contribution in [3.05, 3.63) is 39.8 Å². The molecule has 4 nitrogen and oxygen atoms in total. The van der Waals surface area contributed by atoms with E-state index in [-0.39, 0.29) is 0 Å². The minimum atomic E-state index is -1.56. The van der Waals surface area contributed by atoms with Gasteiger partial charge in [0.2, 0.25) is 6.23 Å². The Balaban J connectivity index is 3.32. The van der Waals surface area contributed by atoms with Gasteiger partial charge >= 0.3 is 0 Å². The van der Waals surface area contributed by atoms with Gasteiger partial charge in [-0.25, -0.2) is 0 Å². The summed E-state index contributed by atoms with van der Waals surface area (Å²) in [6, 6.07) is 6.69. The van der Waals surface area contributed by atoms with E-state index in [1.807, 2.05) is 0 Å². The Labute approximate surface area is 115 Å². The van der Waals surface area contributed by atoms with Crippen molar-refractivity contribution in [1.82, 2.24) is 0 Å². The summed E-state index contributed by atoms with van der Waals surface area (Å²) in [6.45, 7) is 3.34. The lowest BCUT2D eigenvalue weighted by molar-refractivity contribution is -0.115. The molecule has 0 fully saturated rings. The van der Waals surface area contributed by atoms with Crippen LogP contribution in [0.2, 0.25) is 0 Å². The molecule has 0 spiro atoms. The Morgan fingerprint density at radius 1 is 1.59 bits per heavy atom. The van der Waals surface area contributed by atoms with Gasteiger partial charge < -0.3 is 5.11 Å². The highest BCUT2D eigenvalue weighted by Gasteiger charge is 2.23. The molecule has 0 aliphatic carbocycles. The van der Waals surface area contributed by atoms with Crippen molar-refractivity contribution in [2.75, 3.05) is 4.90 Å². The van der Waals surface area contributed by atoms with Crippen LogP contribution in [0, 0.1) is 11.3 Å². The summed E-state index contributed by atoms with van der Waals surface area (Å²) in [5.41, 5.74) is 0.387. The van der Waals surface area contributed by atoms with Crippen molar-refractivity contribution in [1.29, 1.82) is 5.26 Å².